The first-order valence-electron chi connectivity index (χ1n) is 9.15. The lowest BCUT2D eigenvalue weighted by atomic mass is 10.1. The molecule has 0 spiro atoms. The molecule has 27 heavy (non-hydrogen) atoms. The second-order valence-electron chi connectivity index (χ2n) is 7.00. The van der Waals surface area contributed by atoms with Gasteiger partial charge in [0.05, 0.1) is 6.04 Å². The molecule has 3 aromatic rings. The van der Waals surface area contributed by atoms with Crippen LogP contribution in [0.1, 0.15) is 51.4 Å². The number of carbonyl (C=O) groups is 1. The summed E-state index contributed by atoms with van der Waals surface area (Å²) in [6.45, 7) is 8.54. The van der Waals surface area contributed by atoms with E-state index in [0.717, 1.165) is 27.9 Å². The van der Waals surface area contributed by atoms with Crippen molar-refractivity contribution in [3.8, 4) is 0 Å². The molecule has 1 N–H and O–H groups in total. The van der Waals surface area contributed by atoms with Crippen molar-refractivity contribution in [2.75, 3.05) is 0 Å². The normalized spacial score (nSPS) is 12.0. The number of hydrogen-bond acceptors (Lipinski definition) is 1. The van der Waals surface area contributed by atoms with Crippen LogP contribution in [0.15, 0.2) is 54.6 Å². The van der Waals surface area contributed by atoms with E-state index in [1.54, 1.807) is 12.1 Å². The zero-order valence-corrected chi connectivity index (χ0v) is 16.2. The van der Waals surface area contributed by atoms with E-state index in [1.165, 1.54) is 12.1 Å². The lowest BCUT2D eigenvalue weighted by Gasteiger charge is -2.17. The minimum absolute atomic E-state index is 0.0899. The largest absolute Gasteiger partial charge is 0.344 e. The molecule has 0 saturated carbocycles. The third-order valence-electron chi connectivity index (χ3n) is 5.25. The molecule has 3 rings (SSSR count). The molecule has 140 valence electrons. The third kappa shape index (κ3) is 3.95. The molecule has 0 aliphatic heterocycles. The molecule has 2 aromatic carbocycles. The zero-order chi connectivity index (χ0) is 19.6. The van der Waals surface area contributed by atoms with Gasteiger partial charge in [-0.05, 0) is 62.1 Å². The van der Waals surface area contributed by atoms with Crippen LogP contribution in [0.4, 0.5) is 4.39 Å². The maximum absolute atomic E-state index is 13.2. The van der Waals surface area contributed by atoms with Gasteiger partial charge in [-0.3, -0.25) is 4.79 Å². The first-order chi connectivity index (χ1) is 12.9. The van der Waals surface area contributed by atoms with E-state index in [1.807, 2.05) is 62.6 Å². The van der Waals surface area contributed by atoms with Crippen LogP contribution in [0.2, 0.25) is 0 Å². The molecule has 1 heterocycles. The molecule has 0 aliphatic rings. The summed E-state index contributed by atoms with van der Waals surface area (Å²) in [5.74, 6) is -0.354. The SMILES string of the molecule is Cc1c(C)c(C(=O)NC(C)c2ccccc2)n(Cc2ccc(F)cc2)c1C. The molecule has 3 nitrogen and oxygen atoms in total. The van der Waals surface area contributed by atoms with Crippen LogP contribution < -0.4 is 5.32 Å². The molecule has 0 saturated heterocycles. The predicted molar refractivity (Wildman–Crippen MR) is 106 cm³/mol. The van der Waals surface area contributed by atoms with Gasteiger partial charge in [0.25, 0.3) is 5.91 Å². The highest BCUT2D eigenvalue weighted by Gasteiger charge is 2.22. The average molecular weight is 364 g/mol. The highest BCUT2D eigenvalue weighted by molar-refractivity contribution is 5.95. The molecular weight excluding hydrogens is 339 g/mol. The summed E-state index contributed by atoms with van der Waals surface area (Å²) < 4.78 is 15.2. The quantitative estimate of drug-likeness (QED) is 0.672. The van der Waals surface area contributed by atoms with E-state index in [2.05, 4.69) is 5.32 Å². The molecule has 1 amide bonds. The van der Waals surface area contributed by atoms with Crippen molar-refractivity contribution >= 4 is 5.91 Å². The van der Waals surface area contributed by atoms with Gasteiger partial charge in [-0.2, -0.15) is 0 Å². The van der Waals surface area contributed by atoms with Gasteiger partial charge in [-0.25, -0.2) is 4.39 Å². The van der Waals surface area contributed by atoms with Gasteiger partial charge >= 0.3 is 0 Å². The van der Waals surface area contributed by atoms with Crippen molar-refractivity contribution in [1.29, 1.82) is 0 Å². The van der Waals surface area contributed by atoms with E-state index >= 15 is 0 Å². The van der Waals surface area contributed by atoms with Crippen LogP contribution in [0, 0.1) is 26.6 Å². The molecule has 0 fully saturated rings. The van der Waals surface area contributed by atoms with E-state index in [-0.39, 0.29) is 17.8 Å². The number of aromatic nitrogens is 1. The van der Waals surface area contributed by atoms with Gasteiger partial charge < -0.3 is 9.88 Å². The minimum Gasteiger partial charge on any atom is -0.344 e. The standard InChI is InChI=1S/C23H25FN2O/c1-15-16(2)22(23(27)25-17(3)20-8-6-5-7-9-20)26(18(15)4)14-19-10-12-21(24)13-11-19/h5-13,17H,14H2,1-4H3,(H,25,27). The molecular formula is C23H25FN2O. The molecule has 1 aromatic heterocycles. The molecule has 0 radical (unpaired) electrons. The van der Waals surface area contributed by atoms with E-state index in [4.69, 9.17) is 0 Å². The number of rotatable bonds is 5. The van der Waals surface area contributed by atoms with Crippen LogP contribution in [-0.4, -0.2) is 10.5 Å². The summed E-state index contributed by atoms with van der Waals surface area (Å²) in [4.78, 5) is 13.1. The Hall–Kier alpha value is -2.88. The van der Waals surface area contributed by atoms with Crippen molar-refractivity contribution in [2.24, 2.45) is 0 Å². The molecule has 4 heteroatoms. The van der Waals surface area contributed by atoms with Gasteiger partial charge in [0, 0.05) is 12.2 Å². The lowest BCUT2D eigenvalue weighted by molar-refractivity contribution is 0.0930. The third-order valence-corrected chi connectivity index (χ3v) is 5.25. The smallest absolute Gasteiger partial charge is 0.268 e. The second kappa shape index (κ2) is 7.78. The van der Waals surface area contributed by atoms with Gasteiger partial charge in [0.1, 0.15) is 11.5 Å². The van der Waals surface area contributed by atoms with Gasteiger partial charge in [-0.1, -0.05) is 42.5 Å². The average Bonchev–Trinajstić information content (AvgIpc) is 2.88. The summed E-state index contributed by atoms with van der Waals surface area (Å²) in [7, 11) is 0. The Balaban J connectivity index is 1.91. The predicted octanol–water partition coefficient (Wildman–Crippen LogP) is 5.09. The van der Waals surface area contributed by atoms with Gasteiger partial charge in [-0.15, -0.1) is 0 Å². The maximum Gasteiger partial charge on any atom is 0.268 e. The monoisotopic (exact) mass is 364 g/mol. The second-order valence-corrected chi connectivity index (χ2v) is 7.00. The summed E-state index contributed by atoms with van der Waals surface area (Å²) >= 11 is 0. The van der Waals surface area contributed by atoms with E-state index in [0.29, 0.717) is 12.2 Å². The molecule has 1 atom stereocenters. The van der Waals surface area contributed by atoms with Crippen molar-refractivity contribution in [1.82, 2.24) is 9.88 Å². The first kappa shape index (κ1) is 18.9. The van der Waals surface area contributed by atoms with Crippen molar-refractivity contribution < 1.29 is 9.18 Å². The number of carbonyl (C=O) groups excluding carboxylic acids is 1. The number of nitrogens with zero attached hydrogens (tertiary/aromatic N) is 1. The Morgan fingerprint density at radius 2 is 1.63 bits per heavy atom. The van der Waals surface area contributed by atoms with Gasteiger partial charge in [0.15, 0.2) is 0 Å². The molecule has 0 aliphatic carbocycles. The minimum atomic E-state index is -0.259. The van der Waals surface area contributed by atoms with Crippen LogP contribution in [0.3, 0.4) is 0 Å². The number of hydrogen-bond donors (Lipinski definition) is 1. The Morgan fingerprint density at radius 3 is 2.26 bits per heavy atom. The number of nitrogens with one attached hydrogen (secondary N) is 1. The van der Waals surface area contributed by atoms with Crippen molar-refractivity contribution in [3.63, 3.8) is 0 Å². The highest BCUT2D eigenvalue weighted by atomic mass is 19.1. The van der Waals surface area contributed by atoms with E-state index < -0.39 is 0 Å². The summed E-state index contributed by atoms with van der Waals surface area (Å²) in [6.07, 6.45) is 0. The fourth-order valence-corrected chi connectivity index (χ4v) is 3.37. The maximum atomic E-state index is 13.2. The zero-order valence-electron chi connectivity index (χ0n) is 16.2. The van der Waals surface area contributed by atoms with Crippen LogP contribution >= 0.6 is 0 Å². The topological polar surface area (TPSA) is 34.0 Å². The van der Waals surface area contributed by atoms with Crippen molar-refractivity contribution in [2.45, 2.75) is 40.3 Å². The van der Waals surface area contributed by atoms with E-state index in [9.17, 15) is 9.18 Å². The van der Waals surface area contributed by atoms with Gasteiger partial charge in [0.2, 0.25) is 0 Å². The van der Waals surface area contributed by atoms with Crippen molar-refractivity contribution in [3.05, 3.63) is 94.1 Å². The van der Waals surface area contributed by atoms with Crippen LogP contribution in [0.5, 0.6) is 0 Å². The Labute approximate surface area is 159 Å². The molecule has 1 unspecified atom stereocenters. The number of amides is 1. The fraction of sp³-hybridized carbons (Fsp3) is 0.261. The molecule has 0 bridgehead atoms. The van der Waals surface area contributed by atoms with Crippen LogP contribution in [-0.2, 0) is 6.54 Å². The summed E-state index contributed by atoms with van der Waals surface area (Å²) in [5, 5.41) is 3.11. The number of benzene rings is 2. The highest BCUT2D eigenvalue weighted by Crippen LogP contribution is 2.24. The Morgan fingerprint density at radius 1 is 1.00 bits per heavy atom. The summed E-state index contributed by atoms with van der Waals surface area (Å²) in [6, 6.07) is 16.2. The number of halogens is 1. The van der Waals surface area contributed by atoms with Crippen LogP contribution in [0.25, 0.3) is 0 Å². The Kier molecular flexibility index (Phi) is 5.45. The lowest BCUT2D eigenvalue weighted by Crippen LogP contribution is -2.29. The fourth-order valence-electron chi connectivity index (χ4n) is 3.37. The summed E-state index contributed by atoms with van der Waals surface area (Å²) in [5.41, 5.74) is 5.82. The Bertz CT molecular complexity index is 943. The first-order valence-corrected chi connectivity index (χ1v) is 9.15.